The number of halogens is 2. The lowest BCUT2D eigenvalue weighted by molar-refractivity contribution is 0.601. The number of nitrogens with two attached hydrogens (primary N) is 1. The van der Waals surface area contributed by atoms with E-state index >= 15 is 0 Å². The van der Waals surface area contributed by atoms with Crippen molar-refractivity contribution in [3.05, 3.63) is 41.4 Å². The van der Waals surface area contributed by atoms with Crippen LogP contribution in [0.15, 0.2) is 18.2 Å². The van der Waals surface area contributed by atoms with Gasteiger partial charge in [-0.05, 0) is 25.1 Å². The fraction of sp³-hybridized carbons (Fsp3) is 0.250. The number of hydrogen-bond acceptors (Lipinski definition) is 2. The first-order chi connectivity index (χ1) is 8.04. The monoisotopic (exact) mass is 237 g/mol. The molecule has 0 aliphatic heterocycles. The van der Waals surface area contributed by atoms with Gasteiger partial charge in [-0.3, -0.25) is 0 Å². The number of rotatable bonds is 2. The number of aromatic nitrogens is 2. The van der Waals surface area contributed by atoms with Crippen molar-refractivity contribution < 1.29 is 8.78 Å². The van der Waals surface area contributed by atoms with Crippen LogP contribution >= 0.6 is 0 Å². The van der Waals surface area contributed by atoms with E-state index in [-0.39, 0.29) is 12.1 Å². The van der Waals surface area contributed by atoms with Gasteiger partial charge in [-0.15, -0.1) is 0 Å². The molecule has 3 nitrogen and oxygen atoms in total. The van der Waals surface area contributed by atoms with Crippen LogP contribution in [0.4, 0.5) is 8.78 Å². The van der Waals surface area contributed by atoms with Gasteiger partial charge < -0.3 is 10.3 Å². The highest BCUT2D eigenvalue weighted by atomic mass is 19.1. The summed E-state index contributed by atoms with van der Waals surface area (Å²) in [5.74, 6) is -0.307. The van der Waals surface area contributed by atoms with Crippen molar-refractivity contribution in [3.63, 3.8) is 0 Å². The highest BCUT2D eigenvalue weighted by Crippen LogP contribution is 2.27. The molecule has 1 aromatic heterocycles. The lowest BCUT2D eigenvalue weighted by Gasteiger charge is -2.07. The van der Waals surface area contributed by atoms with E-state index in [1.54, 1.807) is 18.5 Å². The van der Waals surface area contributed by atoms with Crippen LogP contribution in [0.5, 0.6) is 0 Å². The number of nitrogens with zero attached hydrogens (tertiary/aromatic N) is 2. The third-order valence-electron chi connectivity index (χ3n) is 2.73. The summed E-state index contributed by atoms with van der Waals surface area (Å²) in [5, 5.41) is 0. The minimum atomic E-state index is -0.476. The molecular weight excluding hydrogens is 224 g/mol. The van der Waals surface area contributed by atoms with Gasteiger partial charge in [-0.25, -0.2) is 13.8 Å². The standard InChI is InChI=1S/C12H13F2N3/c1-7-12(17(2)11(6-15)16-7)9-5-8(13)3-4-10(9)14/h3-5H,6,15H2,1-2H3. The van der Waals surface area contributed by atoms with E-state index in [1.165, 1.54) is 6.07 Å². The predicted octanol–water partition coefficient (Wildman–Crippen LogP) is 2.13. The number of hydrogen-bond donors (Lipinski definition) is 1. The minimum Gasteiger partial charge on any atom is -0.330 e. The summed E-state index contributed by atoms with van der Waals surface area (Å²) in [7, 11) is 1.74. The summed E-state index contributed by atoms with van der Waals surface area (Å²) in [5.41, 5.74) is 6.93. The highest BCUT2D eigenvalue weighted by molar-refractivity contribution is 5.63. The molecule has 90 valence electrons. The first-order valence-electron chi connectivity index (χ1n) is 5.22. The fourth-order valence-corrected chi connectivity index (χ4v) is 1.93. The zero-order chi connectivity index (χ0) is 12.6. The summed E-state index contributed by atoms with van der Waals surface area (Å²) >= 11 is 0. The van der Waals surface area contributed by atoms with Crippen molar-refractivity contribution >= 4 is 0 Å². The quantitative estimate of drug-likeness (QED) is 0.869. The van der Waals surface area contributed by atoms with Crippen molar-refractivity contribution in [2.75, 3.05) is 0 Å². The van der Waals surface area contributed by atoms with Gasteiger partial charge >= 0.3 is 0 Å². The molecule has 0 radical (unpaired) electrons. The van der Waals surface area contributed by atoms with E-state index < -0.39 is 11.6 Å². The topological polar surface area (TPSA) is 43.8 Å². The van der Waals surface area contributed by atoms with E-state index in [0.29, 0.717) is 17.2 Å². The Morgan fingerprint density at radius 1 is 1.35 bits per heavy atom. The van der Waals surface area contributed by atoms with Crippen molar-refractivity contribution in [3.8, 4) is 11.3 Å². The average Bonchev–Trinajstić information content (AvgIpc) is 2.58. The molecule has 0 atom stereocenters. The summed E-state index contributed by atoms with van der Waals surface area (Å²) in [6.07, 6.45) is 0. The fourth-order valence-electron chi connectivity index (χ4n) is 1.93. The molecule has 0 saturated heterocycles. The second-order valence-electron chi connectivity index (χ2n) is 3.85. The van der Waals surface area contributed by atoms with Crippen molar-refractivity contribution in [1.29, 1.82) is 0 Å². The molecule has 2 rings (SSSR count). The molecule has 0 saturated carbocycles. The van der Waals surface area contributed by atoms with Crippen LogP contribution in [0.2, 0.25) is 0 Å². The van der Waals surface area contributed by atoms with Gasteiger partial charge in [0.25, 0.3) is 0 Å². The molecule has 0 fully saturated rings. The van der Waals surface area contributed by atoms with Gasteiger partial charge in [0, 0.05) is 12.6 Å². The zero-order valence-corrected chi connectivity index (χ0v) is 9.67. The van der Waals surface area contributed by atoms with Crippen molar-refractivity contribution in [2.24, 2.45) is 12.8 Å². The van der Waals surface area contributed by atoms with E-state index in [9.17, 15) is 8.78 Å². The molecule has 1 heterocycles. The lowest BCUT2D eigenvalue weighted by Crippen LogP contribution is -2.05. The Kier molecular flexibility index (Phi) is 2.93. The maximum Gasteiger partial charge on any atom is 0.132 e. The average molecular weight is 237 g/mol. The van der Waals surface area contributed by atoms with Gasteiger partial charge in [0.1, 0.15) is 17.5 Å². The molecule has 2 aromatic rings. The van der Waals surface area contributed by atoms with Crippen LogP contribution in [0, 0.1) is 18.6 Å². The predicted molar refractivity (Wildman–Crippen MR) is 61.2 cm³/mol. The van der Waals surface area contributed by atoms with Crippen LogP contribution in [-0.4, -0.2) is 9.55 Å². The molecule has 0 amide bonds. The van der Waals surface area contributed by atoms with Crippen molar-refractivity contribution in [2.45, 2.75) is 13.5 Å². The minimum absolute atomic E-state index is 0.206. The van der Waals surface area contributed by atoms with Crippen LogP contribution in [0.3, 0.4) is 0 Å². The van der Waals surface area contributed by atoms with Gasteiger partial charge in [0.05, 0.1) is 17.9 Å². The van der Waals surface area contributed by atoms with Crippen molar-refractivity contribution in [1.82, 2.24) is 9.55 Å². The third kappa shape index (κ3) is 1.93. The Morgan fingerprint density at radius 2 is 2.06 bits per heavy atom. The zero-order valence-electron chi connectivity index (χ0n) is 9.67. The Hall–Kier alpha value is -1.75. The van der Waals surface area contributed by atoms with E-state index in [1.807, 2.05) is 0 Å². The van der Waals surface area contributed by atoms with E-state index in [4.69, 9.17) is 5.73 Å². The second-order valence-corrected chi connectivity index (χ2v) is 3.85. The Bertz CT molecular complexity index is 561. The maximum absolute atomic E-state index is 13.7. The van der Waals surface area contributed by atoms with E-state index in [2.05, 4.69) is 4.98 Å². The Morgan fingerprint density at radius 3 is 2.65 bits per heavy atom. The first kappa shape index (κ1) is 11.7. The van der Waals surface area contributed by atoms with Crippen LogP contribution in [-0.2, 0) is 13.6 Å². The maximum atomic E-state index is 13.7. The molecule has 0 unspecified atom stereocenters. The molecule has 2 N–H and O–H groups in total. The summed E-state index contributed by atoms with van der Waals surface area (Å²) < 4.78 is 28.5. The van der Waals surface area contributed by atoms with Gasteiger partial charge in [-0.1, -0.05) is 0 Å². The molecule has 0 aliphatic rings. The van der Waals surface area contributed by atoms with Gasteiger partial charge in [0.2, 0.25) is 0 Å². The normalized spacial score (nSPS) is 10.9. The molecule has 0 spiro atoms. The van der Waals surface area contributed by atoms with Gasteiger partial charge in [0.15, 0.2) is 0 Å². The number of imidazole rings is 1. The molecular formula is C12H13F2N3. The molecule has 17 heavy (non-hydrogen) atoms. The lowest BCUT2D eigenvalue weighted by atomic mass is 10.1. The Balaban J connectivity index is 2.68. The smallest absolute Gasteiger partial charge is 0.132 e. The highest BCUT2D eigenvalue weighted by Gasteiger charge is 2.16. The largest absolute Gasteiger partial charge is 0.330 e. The van der Waals surface area contributed by atoms with Crippen LogP contribution in [0.25, 0.3) is 11.3 Å². The molecule has 1 aromatic carbocycles. The van der Waals surface area contributed by atoms with Gasteiger partial charge in [-0.2, -0.15) is 0 Å². The molecule has 0 aliphatic carbocycles. The van der Waals surface area contributed by atoms with E-state index in [0.717, 1.165) is 12.1 Å². The Labute approximate surface area is 97.9 Å². The SMILES string of the molecule is Cc1nc(CN)n(C)c1-c1cc(F)ccc1F. The molecule has 0 bridgehead atoms. The third-order valence-corrected chi connectivity index (χ3v) is 2.73. The summed E-state index contributed by atoms with van der Waals surface area (Å²) in [6, 6.07) is 3.37. The number of benzene rings is 1. The molecule has 5 heteroatoms. The first-order valence-corrected chi connectivity index (χ1v) is 5.22. The number of aryl methyl sites for hydroxylation is 1. The van der Waals surface area contributed by atoms with Crippen LogP contribution in [0.1, 0.15) is 11.5 Å². The van der Waals surface area contributed by atoms with Crippen LogP contribution < -0.4 is 5.73 Å². The summed E-state index contributed by atoms with van der Waals surface area (Å²) in [4.78, 5) is 4.22. The second kappa shape index (κ2) is 4.25. The summed E-state index contributed by atoms with van der Waals surface area (Å²) in [6.45, 7) is 2.01.